The molecule has 0 atom stereocenters. The lowest BCUT2D eigenvalue weighted by atomic mass is 9.82. The summed E-state index contributed by atoms with van der Waals surface area (Å²) in [5.41, 5.74) is 7.25. The Morgan fingerprint density at radius 2 is 2.27 bits per heavy atom. The van der Waals surface area contributed by atoms with Crippen LogP contribution in [0.4, 0.5) is 11.5 Å². The van der Waals surface area contributed by atoms with Crippen LogP contribution in [0.5, 0.6) is 0 Å². The molecule has 2 rings (SSSR count). The SMILES string of the molecule is Cc1nc(NCC2CC(O)C2)ccc1N. The fourth-order valence-electron chi connectivity index (χ4n) is 1.79. The fraction of sp³-hybridized carbons (Fsp3) is 0.545. The lowest BCUT2D eigenvalue weighted by molar-refractivity contribution is 0.0486. The van der Waals surface area contributed by atoms with Crippen LogP contribution in [0.2, 0.25) is 0 Å². The van der Waals surface area contributed by atoms with E-state index in [0.717, 1.165) is 36.6 Å². The van der Waals surface area contributed by atoms with Gasteiger partial charge in [0.1, 0.15) is 5.82 Å². The molecule has 15 heavy (non-hydrogen) atoms. The Bertz CT molecular complexity index is 348. The molecule has 82 valence electrons. The molecule has 1 aromatic heterocycles. The van der Waals surface area contributed by atoms with Crippen molar-refractivity contribution in [2.24, 2.45) is 5.92 Å². The third kappa shape index (κ3) is 2.39. The van der Waals surface area contributed by atoms with Gasteiger partial charge in [-0.3, -0.25) is 0 Å². The minimum absolute atomic E-state index is 0.0853. The fourth-order valence-corrected chi connectivity index (χ4v) is 1.79. The number of aryl methyl sites for hydroxylation is 1. The van der Waals surface area contributed by atoms with E-state index >= 15 is 0 Å². The average Bonchev–Trinajstić information content (AvgIpc) is 2.16. The highest BCUT2D eigenvalue weighted by Gasteiger charge is 2.26. The van der Waals surface area contributed by atoms with Gasteiger partial charge in [-0.1, -0.05) is 0 Å². The van der Waals surface area contributed by atoms with Crippen LogP contribution in [0.1, 0.15) is 18.5 Å². The van der Waals surface area contributed by atoms with Crippen molar-refractivity contribution in [1.29, 1.82) is 0 Å². The van der Waals surface area contributed by atoms with Gasteiger partial charge in [-0.2, -0.15) is 0 Å². The zero-order valence-electron chi connectivity index (χ0n) is 8.90. The molecule has 0 radical (unpaired) electrons. The maximum absolute atomic E-state index is 9.14. The van der Waals surface area contributed by atoms with Gasteiger partial charge in [-0.25, -0.2) is 4.98 Å². The quantitative estimate of drug-likeness (QED) is 0.695. The van der Waals surface area contributed by atoms with Crippen molar-refractivity contribution >= 4 is 11.5 Å². The van der Waals surface area contributed by atoms with Gasteiger partial charge < -0.3 is 16.2 Å². The maximum Gasteiger partial charge on any atom is 0.126 e. The summed E-state index contributed by atoms with van der Waals surface area (Å²) in [6.45, 7) is 2.78. The highest BCUT2D eigenvalue weighted by molar-refractivity contribution is 5.49. The number of nitrogen functional groups attached to an aromatic ring is 1. The Morgan fingerprint density at radius 3 is 2.87 bits per heavy atom. The largest absolute Gasteiger partial charge is 0.397 e. The van der Waals surface area contributed by atoms with Crippen LogP contribution in [-0.4, -0.2) is 22.7 Å². The van der Waals surface area contributed by atoms with Gasteiger partial charge in [-0.05, 0) is 37.8 Å². The number of hydrogen-bond acceptors (Lipinski definition) is 4. The molecule has 4 nitrogen and oxygen atoms in total. The Balaban J connectivity index is 1.86. The molecule has 0 aromatic carbocycles. The molecule has 4 N–H and O–H groups in total. The zero-order chi connectivity index (χ0) is 10.8. The first-order valence-corrected chi connectivity index (χ1v) is 5.30. The summed E-state index contributed by atoms with van der Waals surface area (Å²) in [6, 6.07) is 3.75. The van der Waals surface area contributed by atoms with Crippen molar-refractivity contribution in [1.82, 2.24) is 4.98 Å². The van der Waals surface area contributed by atoms with E-state index in [1.54, 1.807) is 0 Å². The summed E-state index contributed by atoms with van der Waals surface area (Å²) in [6.07, 6.45) is 1.72. The monoisotopic (exact) mass is 207 g/mol. The molecule has 1 heterocycles. The minimum atomic E-state index is -0.0853. The lowest BCUT2D eigenvalue weighted by Gasteiger charge is -2.31. The van der Waals surface area contributed by atoms with Crippen LogP contribution in [0.25, 0.3) is 0 Å². The number of pyridine rings is 1. The average molecular weight is 207 g/mol. The molecule has 0 bridgehead atoms. The van der Waals surface area contributed by atoms with Crippen molar-refractivity contribution in [3.8, 4) is 0 Å². The Morgan fingerprint density at radius 1 is 1.53 bits per heavy atom. The van der Waals surface area contributed by atoms with Gasteiger partial charge in [-0.15, -0.1) is 0 Å². The van der Waals surface area contributed by atoms with E-state index in [-0.39, 0.29) is 6.10 Å². The standard InChI is InChI=1S/C11H17N3O/c1-7-10(12)2-3-11(14-7)13-6-8-4-9(15)5-8/h2-3,8-9,15H,4-6,12H2,1H3,(H,13,14). The second-order valence-electron chi connectivity index (χ2n) is 4.24. The molecule has 1 aliphatic carbocycles. The summed E-state index contributed by atoms with van der Waals surface area (Å²) in [4.78, 5) is 4.32. The number of rotatable bonds is 3. The molecule has 4 heteroatoms. The van der Waals surface area contributed by atoms with Crippen molar-refractivity contribution in [2.75, 3.05) is 17.6 Å². The minimum Gasteiger partial charge on any atom is -0.397 e. The molecule has 0 saturated heterocycles. The molecular formula is C11H17N3O. The number of aliphatic hydroxyl groups is 1. The predicted molar refractivity (Wildman–Crippen MR) is 60.6 cm³/mol. The van der Waals surface area contributed by atoms with Crippen LogP contribution in [0.15, 0.2) is 12.1 Å². The molecule has 0 aliphatic heterocycles. The normalized spacial score (nSPS) is 24.7. The predicted octanol–water partition coefficient (Wildman–Crippen LogP) is 1.16. The summed E-state index contributed by atoms with van der Waals surface area (Å²) >= 11 is 0. The zero-order valence-corrected chi connectivity index (χ0v) is 8.90. The second-order valence-corrected chi connectivity index (χ2v) is 4.24. The molecule has 0 spiro atoms. The van der Waals surface area contributed by atoms with Gasteiger partial charge >= 0.3 is 0 Å². The number of nitrogens with one attached hydrogen (secondary N) is 1. The van der Waals surface area contributed by atoms with Crippen molar-refractivity contribution < 1.29 is 5.11 Å². The Hall–Kier alpha value is -1.29. The molecule has 1 fully saturated rings. The first kappa shape index (κ1) is 10.2. The van der Waals surface area contributed by atoms with E-state index in [9.17, 15) is 0 Å². The highest BCUT2D eigenvalue weighted by Crippen LogP contribution is 2.27. The van der Waals surface area contributed by atoms with Crippen molar-refractivity contribution in [3.63, 3.8) is 0 Å². The lowest BCUT2D eigenvalue weighted by Crippen LogP contribution is -2.33. The van der Waals surface area contributed by atoms with Crippen LogP contribution in [0.3, 0.4) is 0 Å². The number of aromatic nitrogens is 1. The number of nitrogens with zero attached hydrogens (tertiary/aromatic N) is 1. The van der Waals surface area contributed by atoms with E-state index in [2.05, 4.69) is 10.3 Å². The van der Waals surface area contributed by atoms with Crippen LogP contribution >= 0.6 is 0 Å². The first-order chi connectivity index (χ1) is 7.15. The smallest absolute Gasteiger partial charge is 0.126 e. The molecule has 1 saturated carbocycles. The van der Waals surface area contributed by atoms with Gasteiger partial charge in [0.05, 0.1) is 17.5 Å². The Kier molecular flexibility index (Phi) is 2.77. The van der Waals surface area contributed by atoms with E-state index in [1.807, 2.05) is 19.1 Å². The second kappa shape index (κ2) is 4.06. The molecule has 1 aromatic rings. The first-order valence-electron chi connectivity index (χ1n) is 5.30. The van der Waals surface area contributed by atoms with Crippen LogP contribution in [-0.2, 0) is 0 Å². The third-order valence-electron chi connectivity index (χ3n) is 2.91. The topological polar surface area (TPSA) is 71.2 Å². The van der Waals surface area contributed by atoms with E-state index in [4.69, 9.17) is 10.8 Å². The highest BCUT2D eigenvalue weighted by atomic mass is 16.3. The third-order valence-corrected chi connectivity index (χ3v) is 2.91. The van der Waals surface area contributed by atoms with Gasteiger partial charge in [0.2, 0.25) is 0 Å². The van der Waals surface area contributed by atoms with Crippen molar-refractivity contribution in [3.05, 3.63) is 17.8 Å². The van der Waals surface area contributed by atoms with Gasteiger partial charge in [0.25, 0.3) is 0 Å². The molecular weight excluding hydrogens is 190 g/mol. The Labute approximate surface area is 89.5 Å². The molecule has 0 unspecified atom stereocenters. The van der Waals surface area contributed by atoms with Crippen LogP contribution < -0.4 is 11.1 Å². The van der Waals surface area contributed by atoms with E-state index in [1.165, 1.54) is 0 Å². The van der Waals surface area contributed by atoms with Crippen LogP contribution in [0, 0.1) is 12.8 Å². The number of nitrogens with two attached hydrogens (primary N) is 1. The molecule has 0 amide bonds. The van der Waals surface area contributed by atoms with Gasteiger partial charge in [0.15, 0.2) is 0 Å². The van der Waals surface area contributed by atoms with Crippen molar-refractivity contribution in [2.45, 2.75) is 25.9 Å². The maximum atomic E-state index is 9.14. The number of aliphatic hydroxyl groups excluding tert-OH is 1. The van der Waals surface area contributed by atoms with E-state index < -0.39 is 0 Å². The number of anilines is 2. The summed E-state index contributed by atoms with van der Waals surface area (Å²) in [5.74, 6) is 1.45. The molecule has 1 aliphatic rings. The van der Waals surface area contributed by atoms with E-state index in [0.29, 0.717) is 5.92 Å². The summed E-state index contributed by atoms with van der Waals surface area (Å²) in [5, 5.41) is 12.4. The van der Waals surface area contributed by atoms with Gasteiger partial charge in [0, 0.05) is 6.54 Å². The summed E-state index contributed by atoms with van der Waals surface area (Å²) < 4.78 is 0. The summed E-state index contributed by atoms with van der Waals surface area (Å²) in [7, 11) is 0. The number of hydrogen-bond donors (Lipinski definition) is 3.